The topological polar surface area (TPSA) is 89.6 Å². The third-order valence-corrected chi connectivity index (χ3v) is 3.98. The van der Waals surface area contributed by atoms with Crippen molar-refractivity contribution in [3.05, 3.63) is 78.5 Å². The first-order chi connectivity index (χ1) is 14.2. The molecule has 0 radical (unpaired) electrons. The average Bonchev–Trinajstić information content (AvgIpc) is 2.76. The van der Waals surface area contributed by atoms with Crippen LogP contribution in [-0.4, -0.2) is 30.6 Å². The standard InChI is InChI=1S/C22H21N3O4/c1-28-22(27)18-9-5-6-10-19(18)25-20-12-11-16(15-23-20)24-21(26)13-14-29-17-7-3-2-4-8-17/h2-12,15H,13-14H2,1H3,(H,23,25)(H,24,26). The number of carbonyl (C=O) groups excluding carboxylic acids is 2. The van der Waals surface area contributed by atoms with Crippen molar-refractivity contribution in [2.75, 3.05) is 24.4 Å². The van der Waals surface area contributed by atoms with Gasteiger partial charge in [0.15, 0.2) is 0 Å². The Bertz CT molecular complexity index is 959. The van der Waals surface area contributed by atoms with E-state index in [2.05, 4.69) is 15.6 Å². The highest BCUT2D eigenvalue weighted by atomic mass is 16.5. The fourth-order valence-electron chi connectivity index (χ4n) is 2.56. The minimum absolute atomic E-state index is 0.167. The Kier molecular flexibility index (Phi) is 6.78. The van der Waals surface area contributed by atoms with Crippen LogP contribution < -0.4 is 15.4 Å². The van der Waals surface area contributed by atoms with Crippen molar-refractivity contribution < 1.29 is 19.1 Å². The first kappa shape index (κ1) is 19.9. The number of nitrogens with one attached hydrogen (secondary N) is 2. The van der Waals surface area contributed by atoms with Gasteiger partial charge in [-0.1, -0.05) is 30.3 Å². The molecule has 7 heteroatoms. The summed E-state index contributed by atoms with van der Waals surface area (Å²) >= 11 is 0. The lowest BCUT2D eigenvalue weighted by atomic mass is 10.2. The lowest BCUT2D eigenvalue weighted by Gasteiger charge is -2.11. The Morgan fingerprint density at radius 1 is 0.966 bits per heavy atom. The second-order valence-corrected chi connectivity index (χ2v) is 6.05. The van der Waals surface area contributed by atoms with Crippen molar-refractivity contribution in [2.45, 2.75) is 6.42 Å². The van der Waals surface area contributed by atoms with Crippen LogP contribution in [0.5, 0.6) is 5.75 Å². The van der Waals surface area contributed by atoms with Gasteiger partial charge in [-0.15, -0.1) is 0 Å². The van der Waals surface area contributed by atoms with Crippen LogP contribution in [0, 0.1) is 0 Å². The van der Waals surface area contributed by atoms with Crippen LogP contribution in [0.3, 0.4) is 0 Å². The van der Waals surface area contributed by atoms with Crippen LogP contribution in [0.25, 0.3) is 0 Å². The summed E-state index contributed by atoms with van der Waals surface area (Å²) in [4.78, 5) is 28.2. The van der Waals surface area contributed by atoms with Gasteiger partial charge in [0.2, 0.25) is 5.91 Å². The number of esters is 1. The Morgan fingerprint density at radius 3 is 2.45 bits per heavy atom. The Morgan fingerprint density at radius 2 is 1.72 bits per heavy atom. The number of pyridine rings is 1. The zero-order chi connectivity index (χ0) is 20.5. The number of hydrogen-bond donors (Lipinski definition) is 2. The molecule has 0 fully saturated rings. The summed E-state index contributed by atoms with van der Waals surface area (Å²) in [6.45, 7) is 0.285. The number of nitrogens with zero attached hydrogens (tertiary/aromatic N) is 1. The lowest BCUT2D eigenvalue weighted by molar-refractivity contribution is -0.116. The number of aromatic nitrogens is 1. The van der Waals surface area contributed by atoms with E-state index in [9.17, 15) is 9.59 Å². The van der Waals surface area contributed by atoms with Crippen molar-refractivity contribution in [1.29, 1.82) is 0 Å². The predicted octanol–water partition coefficient (Wildman–Crippen LogP) is 4.02. The molecule has 0 unspecified atom stereocenters. The lowest BCUT2D eigenvalue weighted by Crippen LogP contribution is -2.15. The largest absolute Gasteiger partial charge is 0.493 e. The maximum Gasteiger partial charge on any atom is 0.339 e. The Hall–Kier alpha value is -3.87. The maximum absolute atomic E-state index is 12.0. The second-order valence-electron chi connectivity index (χ2n) is 6.05. The van der Waals surface area contributed by atoms with Gasteiger partial charge in [-0.25, -0.2) is 9.78 Å². The number of hydrogen-bond acceptors (Lipinski definition) is 6. The fourth-order valence-corrected chi connectivity index (χ4v) is 2.56. The van der Waals surface area contributed by atoms with Crippen LogP contribution in [0.2, 0.25) is 0 Å². The Balaban J connectivity index is 1.52. The van der Waals surface area contributed by atoms with Crippen LogP contribution in [-0.2, 0) is 9.53 Å². The minimum atomic E-state index is -0.435. The highest BCUT2D eigenvalue weighted by Gasteiger charge is 2.11. The van der Waals surface area contributed by atoms with E-state index in [4.69, 9.17) is 9.47 Å². The summed E-state index contributed by atoms with van der Waals surface area (Å²) in [5.41, 5.74) is 1.57. The summed E-state index contributed by atoms with van der Waals surface area (Å²) in [6.07, 6.45) is 1.76. The number of amides is 1. The first-order valence-electron chi connectivity index (χ1n) is 9.04. The monoisotopic (exact) mass is 391 g/mol. The van der Waals surface area contributed by atoms with Crippen LogP contribution in [0.4, 0.5) is 17.2 Å². The molecule has 0 saturated heterocycles. The third kappa shape index (κ3) is 5.80. The highest BCUT2D eigenvalue weighted by molar-refractivity contribution is 5.96. The van der Waals surface area contributed by atoms with Gasteiger partial charge in [0.1, 0.15) is 11.6 Å². The molecule has 2 aromatic carbocycles. The van der Waals surface area contributed by atoms with Gasteiger partial charge in [0.05, 0.1) is 43.3 Å². The fraction of sp³-hybridized carbons (Fsp3) is 0.136. The van der Waals surface area contributed by atoms with Gasteiger partial charge < -0.3 is 20.1 Å². The molecule has 0 aliphatic carbocycles. The summed E-state index contributed by atoms with van der Waals surface area (Å²) in [7, 11) is 1.33. The van der Waals surface area contributed by atoms with Crippen LogP contribution in [0.1, 0.15) is 16.8 Å². The molecule has 0 aliphatic rings. The van der Waals surface area contributed by atoms with Gasteiger partial charge in [0, 0.05) is 0 Å². The molecule has 148 valence electrons. The van der Waals surface area contributed by atoms with E-state index in [0.717, 1.165) is 5.75 Å². The molecule has 0 bridgehead atoms. The summed E-state index contributed by atoms with van der Waals surface area (Å²) in [6, 6.07) is 19.8. The molecule has 0 spiro atoms. The zero-order valence-corrected chi connectivity index (χ0v) is 15.9. The van der Waals surface area contributed by atoms with Gasteiger partial charge in [0.25, 0.3) is 0 Å². The molecule has 0 saturated carbocycles. The number of benzene rings is 2. The van der Waals surface area contributed by atoms with Crippen molar-refractivity contribution in [2.24, 2.45) is 0 Å². The normalized spacial score (nSPS) is 10.1. The SMILES string of the molecule is COC(=O)c1ccccc1Nc1ccc(NC(=O)CCOc2ccccc2)cn1. The third-order valence-electron chi connectivity index (χ3n) is 3.98. The minimum Gasteiger partial charge on any atom is -0.493 e. The Labute approximate surface area is 168 Å². The number of ether oxygens (including phenoxy) is 2. The van der Waals surface area contributed by atoms with E-state index in [-0.39, 0.29) is 18.9 Å². The number of methoxy groups -OCH3 is 1. The number of para-hydroxylation sites is 2. The molecule has 1 aromatic heterocycles. The van der Waals surface area contributed by atoms with Crippen molar-refractivity contribution in [3.8, 4) is 5.75 Å². The van der Waals surface area contributed by atoms with E-state index in [1.165, 1.54) is 7.11 Å². The zero-order valence-electron chi connectivity index (χ0n) is 15.9. The van der Waals surface area contributed by atoms with E-state index in [1.807, 2.05) is 30.3 Å². The molecular weight excluding hydrogens is 370 g/mol. The first-order valence-corrected chi connectivity index (χ1v) is 9.04. The van der Waals surface area contributed by atoms with Gasteiger partial charge in [-0.3, -0.25) is 4.79 Å². The van der Waals surface area contributed by atoms with Crippen molar-refractivity contribution >= 4 is 29.1 Å². The number of rotatable bonds is 8. The van der Waals surface area contributed by atoms with E-state index in [0.29, 0.717) is 22.8 Å². The molecule has 1 heterocycles. The van der Waals surface area contributed by atoms with Gasteiger partial charge in [-0.05, 0) is 36.4 Å². The second kappa shape index (κ2) is 9.89. The number of carbonyl (C=O) groups is 2. The van der Waals surface area contributed by atoms with E-state index >= 15 is 0 Å². The average molecular weight is 391 g/mol. The molecule has 1 amide bonds. The summed E-state index contributed by atoms with van der Waals surface area (Å²) in [5, 5.41) is 5.85. The molecule has 3 rings (SSSR count). The molecule has 0 aliphatic heterocycles. The molecule has 2 N–H and O–H groups in total. The van der Waals surface area contributed by atoms with Gasteiger partial charge >= 0.3 is 5.97 Å². The van der Waals surface area contributed by atoms with E-state index in [1.54, 1.807) is 42.6 Å². The predicted molar refractivity (Wildman–Crippen MR) is 110 cm³/mol. The molecule has 3 aromatic rings. The van der Waals surface area contributed by atoms with Crippen molar-refractivity contribution in [3.63, 3.8) is 0 Å². The molecular formula is C22H21N3O4. The van der Waals surface area contributed by atoms with E-state index < -0.39 is 5.97 Å². The van der Waals surface area contributed by atoms with Crippen LogP contribution >= 0.6 is 0 Å². The quantitative estimate of drug-likeness (QED) is 0.564. The summed E-state index contributed by atoms with van der Waals surface area (Å²) < 4.78 is 10.3. The molecule has 0 atom stereocenters. The highest BCUT2D eigenvalue weighted by Crippen LogP contribution is 2.21. The number of anilines is 3. The van der Waals surface area contributed by atoms with Gasteiger partial charge in [-0.2, -0.15) is 0 Å². The summed E-state index contributed by atoms with van der Waals surface area (Å²) in [5.74, 6) is 0.658. The maximum atomic E-state index is 12.0. The van der Waals surface area contributed by atoms with Crippen LogP contribution in [0.15, 0.2) is 72.9 Å². The molecule has 7 nitrogen and oxygen atoms in total. The smallest absolute Gasteiger partial charge is 0.339 e. The molecule has 29 heavy (non-hydrogen) atoms. The van der Waals surface area contributed by atoms with Crippen molar-refractivity contribution in [1.82, 2.24) is 4.98 Å².